The highest BCUT2D eigenvalue weighted by atomic mass is 35.5. The molecule has 0 aliphatic carbocycles. The van der Waals surface area contributed by atoms with Crippen LogP contribution in [-0.2, 0) is 4.79 Å². The Bertz CT molecular complexity index is 814. The number of rotatable bonds is 8. The molecule has 28 heavy (non-hydrogen) atoms. The van der Waals surface area contributed by atoms with Gasteiger partial charge in [0.1, 0.15) is 0 Å². The zero-order valence-electron chi connectivity index (χ0n) is 15.8. The first-order valence-electron chi connectivity index (χ1n) is 8.59. The van der Waals surface area contributed by atoms with E-state index in [9.17, 15) is 4.79 Å². The van der Waals surface area contributed by atoms with Crippen molar-refractivity contribution in [1.29, 1.82) is 0 Å². The van der Waals surface area contributed by atoms with Crippen molar-refractivity contribution < 1.29 is 4.79 Å². The fraction of sp³-hybridized carbons (Fsp3) is 0.263. The van der Waals surface area contributed by atoms with E-state index in [2.05, 4.69) is 20.9 Å². The lowest BCUT2D eigenvalue weighted by molar-refractivity contribution is -0.113. The molecule has 0 aliphatic rings. The Morgan fingerprint density at radius 1 is 1.11 bits per heavy atom. The number of carbonyl (C=O) groups is 1. The van der Waals surface area contributed by atoms with Gasteiger partial charge < -0.3 is 26.6 Å². The van der Waals surface area contributed by atoms with Gasteiger partial charge in [-0.15, -0.1) is 0 Å². The third-order valence-electron chi connectivity index (χ3n) is 3.59. The average molecular weight is 438 g/mol. The molecule has 1 amide bonds. The van der Waals surface area contributed by atoms with Gasteiger partial charge in [0.05, 0.1) is 16.5 Å². The Morgan fingerprint density at radius 3 is 2.39 bits per heavy atom. The van der Waals surface area contributed by atoms with Gasteiger partial charge in [-0.3, -0.25) is 4.79 Å². The number of nitrogens with one attached hydrogen (secondary N) is 3. The third kappa shape index (κ3) is 7.93. The molecule has 0 atom stereocenters. The van der Waals surface area contributed by atoms with Crippen LogP contribution in [0.15, 0.2) is 42.5 Å². The first-order valence-corrected chi connectivity index (χ1v) is 10.5. The van der Waals surface area contributed by atoms with E-state index in [-0.39, 0.29) is 5.91 Å². The lowest BCUT2D eigenvalue weighted by Crippen LogP contribution is -2.19. The molecule has 2 aromatic carbocycles. The molecule has 0 spiro atoms. The second-order valence-electron chi connectivity index (χ2n) is 6.30. The van der Waals surface area contributed by atoms with Gasteiger partial charge in [-0.05, 0) is 68.8 Å². The van der Waals surface area contributed by atoms with E-state index < -0.39 is 0 Å². The highest BCUT2D eigenvalue weighted by Gasteiger charge is 2.08. The number of thioether (sulfide) groups is 1. The van der Waals surface area contributed by atoms with E-state index in [1.165, 1.54) is 0 Å². The molecule has 2 aromatic rings. The van der Waals surface area contributed by atoms with Crippen molar-refractivity contribution in [3.05, 3.63) is 47.5 Å². The molecular weight excluding hydrogens is 414 g/mol. The zero-order chi connectivity index (χ0) is 20.5. The molecule has 0 bridgehead atoms. The lowest BCUT2D eigenvalue weighted by Gasteiger charge is -2.13. The third-order valence-corrected chi connectivity index (χ3v) is 5.04. The molecule has 0 heterocycles. The maximum absolute atomic E-state index is 12.0. The van der Waals surface area contributed by atoms with Gasteiger partial charge in [0.25, 0.3) is 0 Å². The van der Waals surface area contributed by atoms with E-state index in [4.69, 9.17) is 29.6 Å². The Labute approximate surface area is 180 Å². The molecule has 0 aromatic heterocycles. The van der Waals surface area contributed by atoms with Gasteiger partial charge in [0, 0.05) is 29.4 Å². The first kappa shape index (κ1) is 22.3. The predicted molar refractivity (Wildman–Crippen MR) is 127 cm³/mol. The van der Waals surface area contributed by atoms with Crippen LogP contribution in [0.5, 0.6) is 0 Å². The number of amides is 1. The van der Waals surface area contributed by atoms with Gasteiger partial charge >= 0.3 is 0 Å². The van der Waals surface area contributed by atoms with Crippen LogP contribution in [0.4, 0.5) is 22.7 Å². The minimum atomic E-state index is -0.0769. The Kier molecular flexibility index (Phi) is 8.85. The molecule has 0 saturated heterocycles. The molecule has 0 fully saturated rings. The molecule has 0 radical (unpaired) electrons. The number of nitrogens with zero attached hydrogens (tertiary/aromatic N) is 1. The molecule has 0 unspecified atom stereocenters. The molecule has 0 saturated carbocycles. The predicted octanol–water partition coefficient (Wildman–Crippen LogP) is 3.96. The van der Waals surface area contributed by atoms with Crippen molar-refractivity contribution >= 4 is 69.3 Å². The Balaban J connectivity index is 1.84. The van der Waals surface area contributed by atoms with Crippen LogP contribution < -0.4 is 21.7 Å². The topological polar surface area (TPSA) is 82.4 Å². The van der Waals surface area contributed by atoms with Crippen molar-refractivity contribution in [1.82, 2.24) is 4.90 Å². The number of nitrogens with two attached hydrogens (primary N) is 1. The van der Waals surface area contributed by atoms with Crippen LogP contribution >= 0.6 is 35.6 Å². The largest absolute Gasteiger partial charge is 0.399 e. The van der Waals surface area contributed by atoms with Crippen molar-refractivity contribution in [2.75, 3.05) is 53.8 Å². The van der Waals surface area contributed by atoms with Gasteiger partial charge in [0.15, 0.2) is 5.11 Å². The summed E-state index contributed by atoms with van der Waals surface area (Å²) < 4.78 is 0. The molecule has 6 nitrogen and oxygen atoms in total. The normalized spacial score (nSPS) is 10.6. The van der Waals surface area contributed by atoms with Crippen molar-refractivity contribution in [3.63, 3.8) is 0 Å². The van der Waals surface area contributed by atoms with E-state index >= 15 is 0 Å². The number of carbonyl (C=O) groups excluding carboxylic acids is 1. The fourth-order valence-corrected chi connectivity index (χ4v) is 3.51. The van der Waals surface area contributed by atoms with Gasteiger partial charge in [0.2, 0.25) is 5.91 Å². The van der Waals surface area contributed by atoms with Crippen molar-refractivity contribution in [2.45, 2.75) is 0 Å². The second kappa shape index (κ2) is 11.1. The molecule has 150 valence electrons. The summed E-state index contributed by atoms with van der Waals surface area (Å²) in [6, 6.07) is 12.5. The molecule has 9 heteroatoms. The number of hydrogen-bond donors (Lipinski definition) is 4. The summed E-state index contributed by atoms with van der Waals surface area (Å²) in [6.45, 7) is 0.934. The van der Waals surface area contributed by atoms with Crippen LogP contribution in [0, 0.1) is 0 Å². The maximum Gasteiger partial charge on any atom is 0.234 e. The summed E-state index contributed by atoms with van der Waals surface area (Å²) in [7, 11) is 4.01. The first-order chi connectivity index (χ1) is 13.3. The maximum atomic E-state index is 12.0. The smallest absolute Gasteiger partial charge is 0.234 e. The summed E-state index contributed by atoms with van der Waals surface area (Å²) in [4.78, 5) is 14.1. The monoisotopic (exact) mass is 437 g/mol. The molecule has 2 rings (SSSR count). The van der Waals surface area contributed by atoms with Crippen LogP contribution in [0.2, 0.25) is 5.02 Å². The van der Waals surface area contributed by atoms with Crippen LogP contribution in [-0.4, -0.2) is 48.1 Å². The van der Waals surface area contributed by atoms with E-state index in [1.54, 1.807) is 42.1 Å². The minimum Gasteiger partial charge on any atom is -0.399 e. The number of halogens is 1. The second-order valence-corrected chi connectivity index (χ2v) is 8.22. The number of anilines is 4. The quantitative estimate of drug-likeness (QED) is 0.282. The minimum absolute atomic E-state index is 0.0769. The van der Waals surface area contributed by atoms with Crippen LogP contribution in [0.1, 0.15) is 0 Å². The van der Waals surface area contributed by atoms with Gasteiger partial charge in [-0.25, -0.2) is 0 Å². The Morgan fingerprint density at radius 2 is 1.75 bits per heavy atom. The highest BCUT2D eigenvalue weighted by Crippen LogP contribution is 2.26. The van der Waals surface area contributed by atoms with Crippen LogP contribution in [0.25, 0.3) is 0 Å². The fourth-order valence-electron chi connectivity index (χ4n) is 2.15. The lowest BCUT2D eigenvalue weighted by atomic mass is 10.2. The Hall–Kier alpha value is -2.00. The number of hydrogen-bond acceptors (Lipinski definition) is 5. The standard InChI is InChI=1S/C19H24ClN5OS2/c1-25(2)9-10-28-12-18(26)24-17-8-7-15(11-16(17)20)23-19(27)22-14-5-3-13(21)4-6-14/h3-8,11H,9-10,12,21H2,1-2H3,(H,24,26)(H2,22,23,27). The number of thiocarbonyl (C=S) groups is 1. The highest BCUT2D eigenvalue weighted by molar-refractivity contribution is 7.99. The van der Waals surface area contributed by atoms with Crippen LogP contribution in [0.3, 0.4) is 0 Å². The number of nitrogen functional groups attached to an aromatic ring is 1. The SMILES string of the molecule is CN(C)CCSCC(=O)Nc1ccc(NC(=S)Nc2ccc(N)cc2)cc1Cl. The van der Waals surface area contributed by atoms with E-state index in [0.29, 0.717) is 27.3 Å². The summed E-state index contributed by atoms with van der Waals surface area (Å²) in [5.41, 5.74) is 8.47. The van der Waals surface area contributed by atoms with Gasteiger partial charge in [-0.1, -0.05) is 11.6 Å². The van der Waals surface area contributed by atoms with Crippen molar-refractivity contribution in [2.24, 2.45) is 0 Å². The molecular formula is C19H24ClN5OS2. The molecule has 0 aliphatic heterocycles. The summed E-state index contributed by atoms with van der Waals surface area (Å²) in [5.74, 6) is 1.21. The van der Waals surface area contributed by atoms with Gasteiger partial charge in [-0.2, -0.15) is 11.8 Å². The molecule has 5 N–H and O–H groups in total. The van der Waals surface area contributed by atoms with Crippen molar-refractivity contribution in [3.8, 4) is 0 Å². The summed E-state index contributed by atoms with van der Waals surface area (Å²) >= 11 is 13.2. The average Bonchev–Trinajstić information content (AvgIpc) is 2.63. The summed E-state index contributed by atoms with van der Waals surface area (Å²) in [6.07, 6.45) is 0. The number of benzene rings is 2. The summed E-state index contributed by atoms with van der Waals surface area (Å²) in [5, 5.41) is 9.82. The van der Waals surface area contributed by atoms with E-state index in [0.717, 1.165) is 23.7 Å². The zero-order valence-corrected chi connectivity index (χ0v) is 18.2. The van der Waals surface area contributed by atoms with E-state index in [1.807, 2.05) is 26.2 Å².